The number of carbonyl (C=O) groups excluding carboxylic acids is 4. The Bertz CT molecular complexity index is 981. The Hall–Kier alpha value is -3.00. The van der Waals surface area contributed by atoms with Gasteiger partial charge in [-0.25, -0.2) is 4.90 Å². The van der Waals surface area contributed by atoms with E-state index in [1.807, 2.05) is 11.4 Å². The molecule has 0 bridgehead atoms. The Kier molecular flexibility index (Phi) is 6.18. The molecule has 0 spiro atoms. The minimum absolute atomic E-state index is 0.0140. The number of nitrogens with zero attached hydrogens (tertiary/aromatic N) is 2. The molecule has 0 radical (unpaired) electrons. The van der Waals surface area contributed by atoms with Crippen molar-refractivity contribution in [1.82, 2.24) is 4.90 Å². The number of imide groups is 1. The van der Waals surface area contributed by atoms with E-state index in [4.69, 9.17) is 0 Å². The predicted octanol–water partition coefficient (Wildman–Crippen LogP) is 3.81. The third-order valence-electron chi connectivity index (χ3n) is 5.84. The zero-order chi connectivity index (χ0) is 22.0. The fraction of sp³-hybridized carbons (Fsp3) is 0.391. The first-order valence-electron chi connectivity index (χ1n) is 10.6. The molecule has 8 heteroatoms. The molecule has 1 aromatic carbocycles. The number of carbonyl (C=O) groups is 4. The van der Waals surface area contributed by atoms with E-state index >= 15 is 0 Å². The molecular weight excluding hydrogens is 414 g/mol. The number of anilines is 2. The third kappa shape index (κ3) is 4.39. The van der Waals surface area contributed by atoms with E-state index in [2.05, 4.69) is 5.32 Å². The Morgan fingerprint density at radius 3 is 2.39 bits per heavy atom. The highest BCUT2D eigenvalue weighted by Crippen LogP contribution is 2.33. The molecule has 1 aromatic heterocycles. The Morgan fingerprint density at radius 2 is 1.77 bits per heavy atom. The van der Waals surface area contributed by atoms with E-state index in [1.165, 1.54) is 23.2 Å². The maximum Gasteiger partial charge on any atom is 0.264 e. The largest absolute Gasteiger partial charge is 0.326 e. The van der Waals surface area contributed by atoms with Crippen LogP contribution in [0, 0.1) is 0 Å². The average molecular weight is 440 g/mol. The lowest BCUT2D eigenvalue weighted by Crippen LogP contribution is -2.51. The van der Waals surface area contributed by atoms with Gasteiger partial charge < -0.3 is 10.2 Å². The number of amides is 4. The van der Waals surface area contributed by atoms with Gasteiger partial charge in [0.1, 0.15) is 6.04 Å². The lowest BCUT2D eigenvalue weighted by Gasteiger charge is -2.37. The molecule has 1 aliphatic carbocycles. The summed E-state index contributed by atoms with van der Waals surface area (Å²) in [4.78, 5) is 54.2. The number of hydrogen-bond acceptors (Lipinski definition) is 5. The van der Waals surface area contributed by atoms with Crippen LogP contribution >= 0.6 is 11.3 Å². The van der Waals surface area contributed by atoms with Gasteiger partial charge in [0.15, 0.2) is 0 Å². The smallest absolute Gasteiger partial charge is 0.264 e. The molecule has 162 valence electrons. The predicted molar refractivity (Wildman–Crippen MR) is 119 cm³/mol. The molecule has 1 saturated carbocycles. The van der Waals surface area contributed by atoms with Crippen molar-refractivity contribution in [2.24, 2.45) is 0 Å². The van der Waals surface area contributed by atoms with Gasteiger partial charge in [-0.05, 0) is 48.6 Å². The van der Waals surface area contributed by atoms with Crippen molar-refractivity contribution >= 4 is 46.3 Å². The van der Waals surface area contributed by atoms with Crippen LogP contribution in [0.25, 0.3) is 0 Å². The van der Waals surface area contributed by atoms with E-state index in [-0.39, 0.29) is 36.1 Å². The summed E-state index contributed by atoms with van der Waals surface area (Å²) in [6, 6.07) is 9.34. The van der Waals surface area contributed by atoms with Crippen LogP contribution in [0.15, 0.2) is 41.8 Å². The fourth-order valence-electron chi connectivity index (χ4n) is 4.45. The van der Waals surface area contributed by atoms with E-state index in [0.29, 0.717) is 16.3 Å². The summed E-state index contributed by atoms with van der Waals surface area (Å²) < 4.78 is 0. The monoisotopic (exact) mass is 439 g/mol. The number of hydrogen-bond donors (Lipinski definition) is 1. The maximum absolute atomic E-state index is 13.4. The van der Waals surface area contributed by atoms with Crippen LogP contribution in [0.4, 0.5) is 11.4 Å². The van der Waals surface area contributed by atoms with Crippen LogP contribution in [0.3, 0.4) is 0 Å². The van der Waals surface area contributed by atoms with Crippen LogP contribution in [-0.4, -0.2) is 40.6 Å². The van der Waals surface area contributed by atoms with E-state index in [1.54, 1.807) is 35.2 Å². The quantitative estimate of drug-likeness (QED) is 0.718. The van der Waals surface area contributed by atoms with Crippen molar-refractivity contribution in [2.75, 3.05) is 10.2 Å². The van der Waals surface area contributed by atoms with Gasteiger partial charge in [-0.15, -0.1) is 11.3 Å². The highest BCUT2D eigenvalue weighted by Gasteiger charge is 2.46. The summed E-state index contributed by atoms with van der Waals surface area (Å²) in [5.74, 6) is -1.05. The number of rotatable bonds is 5. The van der Waals surface area contributed by atoms with Crippen molar-refractivity contribution in [2.45, 2.75) is 57.5 Å². The summed E-state index contributed by atoms with van der Waals surface area (Å²) in [5, 5.41) is 4.51. The van der Waals surface area contributed by atoms with Gasteiger partial charge in [0, 0.05) is 18.7 Å². The summed E-state index contributed by atoms with van der Waals surface area (Å²) in [5.41, 5.74) is 1.03. The van der Waals surface area contributed by atoms with Gasteiger partial charge in [-0.2, -0.15) is 0 Å². The maximum atomic E-state index is 13.4. The minimum Gasteiger partial charge on any atom is -0.326 e. The molecule has 2 aromatic rings. The first-order chi connectivity index (χ1) is 15.0. The number of benzene rings is 1. The summed E-state index contributed by atoms with van der Waals surface area (Å²) in [7, 11) is 0. The third-order valence-corrected chi connectivity index (χ3v) is 6.70. The van der Waals surface area contributed by atoms with Crippen LogP contribution < -0.4 is 10.2 Å². The van der Waals surface area contributed by atoms with Gasteiger partial charge in [0.05, 0.1) is 17.0 Å². The van der Waals surface area contributed by atoms with Crippen LogP contribution in [0.5, 0.6) is 0 Å². The molecule has 2 fully saturated rings. The lowest BCUT2D eigenvalue weighted by atomic mass is 9.92. The molecule has 1 atom stereocenters. The second-order valence-corrected chi connectivity index (χ2v) is 8.94. The lowest BCUT2D eigenvalue weighted by molar-refractivity contribution is -0.123. The first kappa shape index (κ1) is 21.2. The zero-order valence-corrected chi connectivity index (χ0v) is 18.2. The fourth-order valence-corrected chi connectivity index (χ4v) is 5.12. The molecule has 2 aliphatic rings. The van der Waals surface area contributed by atoms with Crippen LogP contribution in [0.1, 0.15) is 55.1 Å². The van der Waals surface area contributed by atoms with Crippen LogP contribution in [0.2, 0.25) is 0 Å². The Labute approximate surface area is 185 Å². The standard InChI is InChI=1S/C23H25N3O4S/c1-15(27)24-16-9-11-18(12-10-16)26-21(28)14-19(22(26)29)25(17-6-3-2-4-7-17)23(30)20-8-5-13-31-20/h5,8-13,17,19H,2-4,6-7,14H2,1H3,(H,24,27). The zero-order valence-electron chi connectivity index (χ0n) is 17.4. The van der Waals surface area contributed by atoms with Gasteiger partial charge in [0.25, 0.3) is 11.8 Å². The van der Waals surface area contributed by atoms with Crippen molar-refractivity contribution in [1.29, 1.82) is 0 Å². The Morgan fingerprint density at radius 1 is 1.06 bits per heavy atom. The SMILES string of the molecule is CC(=O)Nc1ccc(N2C(=O)CC(N(C(=O)c3cccs3)C3CCCCC3)C2=O)cc1. The molecule has 31 heavy (non-hydrogen) atoms. The first-order valence-corrected chi connectivity index (χ1v) is 11.4. The second kappa shape index (κ2) is 9.01. The molecule has 1 aliphatic heterocycles. The van der Waals surface area contributed by atoms with Gasteiger partial charge in [-0.3, -0.25) is 19.2 Å². The van der Waals surface area contributed by atoms with Crippen molar-refractivity contribution < 1.29 is 19.2 Å². The number of nitrogens with one attached hydrogen (secondary N) is 1. The minimum atomic E-state index is -0.791. The highest BCUT2D eigenvalue weighted by atomic mass is 32.1. The van der Waals surface area contributed by atoms with Crippen molar-refractivity contribution in [3.05, 3.63) is 46.7 Å². The highest BCUT2D eigenvalue weighted by molar-refractivity contribution is 7.12. The molecule has 1 unspecified atom stereocenters. The molecule has 2 heterocycles. The van der Waals surface area contributed by atoms with E-state index < -0.39 is 6.04 Å². The molecule has 7 nitrogen and oxygen atoms in total. The molecular formula is C23H25N3O4S. The van der Waals surface area contributed by atoms with E-state index in [0.717, 1.165) is 32.1 Å². The molecule has 1 N–H and O–H groups in total. The molecule has 1 saturated heterocycles. The van der Waals surface area contributed by atoms with Crippen molar-refractivity contribution in [3.8, 4) is 0 Å². The number of thiophene rings is 1. The summed E-state index contributed by atoms with van der Waals surface area (Å²) in [6.07, 6.45) is 4.84. The molecule has 4 amide bonds. The Balaban J connectivity index is 1.61. The summed E-state index contributed by atoms with van der Waals surface area (Å²) >= 11 is 1.35. The average Bonchev–Trinajstić information content (AvgIpc) is 3.38. The topological polar surface area (TPSA) is 86.8 Å². The second-order valence-electron chi connectivity index (χ2n) is 8.00. The van der Waals surface area contributed by atoms with Gasteiger partial charge in [0.2, 0.25) is 11.8 Å². The van der Waals surface area contributed by atoms with Gasteiger partial charge in [-0.1, -0.05) is 25.3 Å². The van der Waals surface area contributed by atoms with Crippen LogP contribution in [-0.2, 0) is 14.4 Å². The normalized spacial score (nSPS) is 19.5. The van der Waals surface area contributed by atoms with E-state index in [9.17, 15) is 19.2 Å². The van der Waals surface area contributed by atoms with Gasteiger partial charge >= 0.3 is 0 Å². The summed E-state index contributed by atoms with van der Waals surface area (Å²) in [6.45, 7) is 1.41. The van der Waals surface area contributed by atoms with Crippen molar-refractivity contribution in [3.63, 3.8) is 0 Å². The molecule has 4 rings (SSSR count).